The van der Waals surface area contributed by atoms with Crippen molar-refractivity contribution in [2.24, 2.45) is 0 Å². The maximum atomic E-state index is 12.1. The van der Waals surface area contributed by atoms with Gasteiger partial charge in [-0.05, 0) is 39.2 Å². The van der Waals surface area contributed by atoms with E-state index >= 15 is 0 Å². The predicted octanol–water partition coefficient (Wildman–Crippen LogP) is 3.51. The maximum absolute atomic E-state index is 12.1. The van der Waals surface area contributed by atoms with Crippen molar-refractivity contribution in [2.45, 2.75) is 59.4 Å². The monoisotopic (exact) mass is 268 g/mol. The Morgan fingerprint density at radius 1 is 1.39 bits per heavy atom. The number of hydrogen-bond acceptors (Lipinski definition) is 3. The van der Waals surface area contributed by atoms with Crippen molar-refractivity contribution >= 4 is 22.2 Å². The molecule has 0 aliphatic rings. The first-order chi connectivity index (χ1) is 8.47. The van der Waals surface area contributed by atoms with Crippen molar-refractivity contribution in [3.05, 3.63) is 16.0 Å². The number of hydrogen-bond donors (Lipinski definition) is 2. The number of nitrogen functional groups attached to an aromatic ring is 1. The lowest BCUT2D eigenvalue weighted by Crippen LogP contribution is -2.30. The van der Waals surface area contributed by atoms with E-state index in [0.717, 1.165) is 12.0 Å². The standard InChI is InChI=1S/C14H24N2OS/c1-5-6-7-8-11-10(4)12(13(15)18-11)14(17)16-9(2)3/h9H,5-8,15H2,1-4H3,(H,16,17). The first kappa shape index (κ1) is 15.0. The largest absolute Gasteiger partial charge is 0.390 e. The van der Waals surface area contributed by atoms with Crippen molar-refractivity contribution in [1.82, 2.24) is 5.32 Å². The van der Waals surface area contributed by atoms with Crippen LogP contribution in [-0.2, 0) is 6.42 Å². The summed E-state index contributed by atoms with van der Waals surface area (Å²) in [5.41, 5.74) is 7.72. The number of anilines is 1. The molecule has 0 fully saturated rings. The SMILES string of the molecule is CCCCCc1sc(N)c(C(=O)NC(C)C)c1C. The molecule has 0 radical (unpaired) electrons. The number of aryl methyl sites for hydroxylation is 1. The Balaban J connectivity index is 2.83. The van der Waals surface area contributed by atoms with Crippen LogP contribution in [-0.4, -0.2) is 11.9 Å². The Morgan fingerprint density at radius 3 is 2.61 bits per heavy atom. The van der Waals surface area contributed by atoms with Gasteiger partial charge < -0.3 is 11.1 Å². The fourth-order valence-electron chi connectivity index (χ4n) is 1.98. The minimum Gasteiger partial charge on any atom is -0.390 e. The number of unbranched alkanes of at least 4 members (excludes halogenated alkanes) is 2. The number of amides is 1. The molecule has 3 N–H and O–H groups in total. The van der Waals surface area contributed by atoms with Crippen LogP contribution >= 0.6 is 11.3 Å². The maximum Gasteiger partial charge on any atom is 0.254 e. The molecule has 3 nitrogen and oxygen atoms in total. The van der Waals surface area contributed by atoms with Crippen LogP contribution in [0.1, 0.15) is 60.8 Å². The third-order valence-corrected chi connectivity index (χ3v) is 4.11. The number of carbonyl (C=O) groups excluding carboxylic acids is 1. The minimum atomic E-state index is -0.0435. The Bertz CT molecular complexity index is 410. The van der Waals surface area contributed by atoms with E-state index < -0.39 is 0 Å². The lowest BCUT2D eigenvalue weighted by Gasteiger charge is -2.08. The Labute approximate surface area is 114 Å². The molecule has 1 heterocycles. The van der Waals surface area contributed by atoms with Gasteiger partial charge in [0.25, 0.3) is 5.91 Å². The van der Waals surface area contributed by atoms with Gasteiger partial charge in [-0.15, -0.1) is 11.3 Å². The second-order valence-electron chi connectivity index (χ2n) is 4.97. The smallest absolute Gasteiger partial charge is 0.254 e. The van der Waals surface area contributed by atoms with Crippen molar-refractivity contribution in [3.63, 3.8) is 0 Å². The first-order valence-corrected chi connectivity index (χ1v) is 7.47. The van der Waals surface area contributed by atoms with Gasteiger partial charge in [-0.1, -0.05) is 19.8 Å². The normalized spacial score (nSPS) is 10.9. The molecule has 0 atom stereocenters. The van der Waals surface area contributed by atoms with Crippen LogP contribution in [0.2, 0.25) is 0 Å². The molecule has 0 saturated carbocycles. The molecule has 4 heteroatoms. The summed E-state index contributed by atoms with van der Waals surface area (Å²) in [4.78, 5) is 13.3. The second kappa shape index (κ2) is 6.78. The van der Waals surface area contributed by atoms with E-state index in [1.165, 1.54) is 24.1 Å². The summed E-state index contributed by atoms with van der Waals surface area (Å²) in [5.74, 6) is -0.0435. The first-order valence-electron chi connectivity index (χ1n) is 6.66. The summed E-state index contributed by atoms with van der Waals surface area (Å²) in [5, 5.41) is 3.56. The second-order valence-corrected chi connectivity index (χ2v) is 6.11. The minimum absolute atomic E-state index is 0.0435. The third-order valence-electron chi connectivity index (χ3n) is 2.93. The molecule has 0 bridgehead atoms. The highest BCUT2D eigenvalue weighted by Crippen LogP contribution is 2.31. The van der Waals surface area contributed by atoms with Crippen LogP contribution in [0.15, 0.2) is 0 Å². The van der Waals surface area contributed by atoms with E-state index in [1.54, 1.807) is 11.3 Å². The molecule has 18 heavy (non-hydrogen) atoms. The third kappa shape index (κ3) is 3.73. The van der Waals surface area contributed by atoms with E-state index in [1.807, 2.05) is 20.8 Å². The average Bonchev–Trinajstić information content (AvgIpc) is 2.53. The molecule has 1 aromatic heterocycles. The average molecular weight is 268 g/mol. The molecule has 0 saturated heterocycles. The fraction of sp³-hybridized carbons (Fsp3) is 0.643. The van der Waals surface area contributed by atoms with Gasteiger partial charge in [-0.3, -0.25) is 4.79 Å². The molecule has 1 amide bonds. The number of carbonyl (C=O) groups is 1. The van der Waals surface area contributed by atoms with E-state index in [-0.39, 0.29) is 11.9 Å². The Kier molecular flexibility index (Phi) is 5.66. The highest BCUT2D eigenvalue weighted by Gasteiger charge is 2.19. The highest BCUT2D eigenvalue weighted by atomic mass is 32.1. The molecule has 0 aliphatic carbocycles. The van der Waals surface area contributed by atoms with Gasteiger partial charge in [0.2, 0.25) is 0 Å². The molecular formula is C14H24N2OS. The number of nitrogens with two attached hydrogens (primary N) is 1. The molecule has 1 rings (SSSR count). The van der Waals surface area contributed by atoms with Crippen LogP contribution in [0.3, 0.4) is 0 Å². The van der Waals surface area contributed by atoms with Gasteiger partial charge in [0, 0.05) is 10.9 Å². The van der Waals surface area contributed by atoms with Crippen LogP contribution in [0.25, 0.3) is 0 Å². The van der Waals surface area contributed by atoms with Gasteiger partial charge in [0.05, 0.1) is 10.6 Å². The highest BCUT2D eigenvalue weighted by molar-refractivity contribution is 7.16. The molecule has 0 aliphatic heterocycles. The van der Waals surface area contributed by atoms with Gasteiger partial charge in [-0.25, -0.2) is 0 Å². The van der Waals surface area contributed by atoms with Crippen molar-refractivity contribution in [2.75, 3.05) is 5.73 Å². The number of thiophene rings is 1. The van der Waals surface area contributed by atoms with E-state index in [2.05, 4.69) is 12.2 Å². The molecule has 0 spiro atoms. The summed E-state index contributed by atoms with van der Waals surface area (Å²) in [6.45, 7) is 8.11. The van der Waals surface area contributed by atoms with E-state index in [0.29, 0.717) is 10.6 Å². The zero-order valence-corrected chi connectivity index (χ0v) is 12.6. The quantitative estimate of drug-likeness (QED) is 0.776. The molecule has 0 aromatic carbocycles. The van der Waals surface area contributed by atoms with E-state index in [9.17, 15) is 4.79 Å². The summed E-state index contributed by atoms with van der Waals surface area (Å²) in [7, 11) is 0. The van der Waals surface area contributed by atoms with Crippen LogP contribution in [0.4, 0.5) is 5.00 Å². The fourth-order valence-corrected chi connectivity index (χ4v) is 3.09. The van der Waals surface area contributed by atoms with Gasteiger partial charge in [0.15, 0.2) is 0 Å². The van der Waals surface area contributed by atoms with Gasteiger partial charge in [0.1, 0.15) is 0 Å². The summed E-state index contributed by atoms with van der Waals surface area (Å²) < 4.78 is 0. The van der Waals surface area contributed by atoms with Crippen molar-refractivity contribution < 1.29 is 4.79 Å². The Morgan fingerprint density at radius 2 is 2.06 bits per heavy atom. The summed E-state index contributed by atoms with van der Waals surface area (Å²) >= 11 is 1.56. The lowest BCUT2D eigenvalue weighted by atomic mass is 10.1. The Hall–Kier alpha value is -1.03. The van der Waals surface area contributed by atoms with Crippen LogP contribution in [0, 0.1) is 6.92 Å². The van der Waals surface area contributed by atoms with Crippen molar-refractivity contribution in [1.29, 1.82) is 0 Å². The van der Waals surface area contributed by atoms with Gasteiger partial charge in [-0.2, -0.15) is 0 Å². The van der Waals surface area contributed by atoms with Crippen molar-refractivity contribution in [3.8, 4) is 0 Å². The topological polar surface area (TPSA) is 55.1 Å². The lowest BCUT2D eigenvalue weighted by molar-refractivity contribution is 0.0944. The molecule has 1 aromatic rings. The summed E-state index contributed by atoms with van der Waals surface area (Å²) in [6, 6.07) is 0.139. The van der Waals surface area contributed by atoms with Crippen LogP contribution < -0.4 is 11.1 Å². The zero-order valence-electron chi connectivity index (χ0n) is 11.8. The molecule has 0 unspecified atom stereocenters. The predicted molar refractivity (Wildman–Crippen MR) is 79.3 cm³/mol. The van der Waals surface area contributed by atoms with Gasteiger partial charge >= 0.3 is 0 Å². The number of nitrogens with one attached hydrogen (secondary N) is 1. The zero-order chi connectivity index (χ0) is 13.7. The number of rotatable bonds is 6. The molecular weight excluding hydrogens is 244 g/mol. The summed E-state index contributed by atoms with van der Waals surface area (Å²) in [6.07, 6.45) is 4.64. The van der Waals surface area contributed by atoms with E-state index in [4.69, 9.17) is 5.73 Å². The van der Waals surface area contributed by atoms with Crippen LogP contribution in [0.5, 0.6) is 0 Å². The molecule has 102 valence electrons.